The van der Waals surface area contributed by atoms with Crippen LogP contribution in [0, 0.1) is 6.92 Å². The van der Waals surface area contributed by atoms with Gasteiger partial charge in [-0.1, -0.05) is 36.4 Å². The van der Waals surface area contributed by atoms with E-state index in [0.29, 0.717) is 12.2 Å². The summed E-state index contributed by atoms with van der Waals surface area (Å²) >= 11 is 0. The summed E-state index contributed by atoms with van der Waals surface area (Å²) < 4.78 is 11.2. The summed E-state index contributed by atoms with van der Waals surface area (Å²) in [5, 5.41) is 2.89. The summed E-state index contributed by atoms with van der Waals surface area (Å²) in [6.07, 6.45) is 2.03. The van der Waals surface area contributed by atoms with E-state index in [1.54, 1.807) is 6.26 Å². The zero-order chi connectivity index (χ0) is 15.2. The van der Waals surface area contributed by atoms with Gasteiger partial charge in [0.2, 0.25) is 5.91 Å². The molecule has 2 aromatic carbocycles. The highest BCUT2D eigenvalue weighted by atomic mass is 32.2. The molecule has 0 saturated heterocycles. The molecule has 0 radical (unpaired) electrons. The Balaban J connectivity index is 2.03. The van der Waals surface area contributed by atoms with E-state index >= 15 is 0 Å². The molecular weight excluding hydrogens is 282 g/mol. The smallest absolute Gasteiger partial charge is 0.228 e. The van der Waals surface area contributed by atoms with Gasteiger partial charge < -0.3 is 5.32 Å². The third-order valence-electron chi connectivity index (χ3n) is 3.19. The molecule has 1 N–H and O–H groups in total. The average Bonchev–Trinajstić information content (AvgIpc) is 2.41. The van der Waals surface area contributed by atoms with Crippen LogP contribution in [0.25, 0.3) is 0 Å². The minimum Gasteiger partial charge on any atom is -0.326 e. The van der Waals surface area contributed by atoms with Gasteiger partial charge in [0.1, 0.15) is 0 Å². The van der Waals surface area contributed by atoms with Gasteiger partial charge in [-0.05, 0) is 35.7 Å². The molecule has 0 aliphatic heterocycles. The molecule has 110 valence electrons. The van der Waals surface area contributed by atoms with E-state index in [1.807, 2.05) is 55.5 Å². The lowest BCUT2D eigenvalue weighted by atomic mass is 10.1. The number of anilines is 1. The molecule has 0 aromatic heterocycles. The molecule has 0 heterocycles. The summed E-state index contributed by atoms with van der Waals surface area (Å²) in [5.41, 5.74) is 3.85. The molecule has 0 bridgehead atoms. The molecule has 0 saturated carbocycles. The van der Waals surface area contributed by atoms with Crippen molar-refractivity contribution in [3.63, 3.8) is 0 Å². The molecule has 1 amide bonds. The standard InChI is InChI=1S/C17H19NO2S/c1-13-6-3-4-8-15(13)11-17(19)18-16-9-5-7-14(10-16)12-21(2)20/h3-10H,11-12H2,1-2H3,(H,18,19)/t21-/m0/s1. The second-order valence-electron chi connectivity index (χ2n) is 5.07. The number of hydrogen-bond donors (Lipinski definition) is 1. The Morgan fingerprint density at radius 3 is 2.62 bits per heavy atom. The van der Waals surface area contributed by atoms with Gasteiger partial charge in [-0.2, -0.15) is 0 Å². The van der Waals surface area contributed by atoms with Gasteiger partial charge >= 0.3 is 0 Å². The number of rotatable bonds is 5. The lowest BCUT2D eigenvalue weighted by molar-refractivity contribution is -0.115. The van der Waals surface area contributed by atoms with Gasteiger partial charge in [-0.3, -0.25) is 9.00 Å². The maximum absolute atomic E-state index is 12.1. The lowest BCUT2D eigenvalue weighted by Crippen LogP contribution is -2.15. The second kappa shape index (κ2) is 7.18. The van der Waals surface area contributed by atoms with E-state index < -0.39 is 10.8 Å². The van der Waals surface area contributed by atoms with Crippen molar-refractivity contribution in [3.8, 4) is 0 Å². The largest absolute Gasteiger partial charge is 0.326 e. The summed E-state index contributed by atoms with van der Waals surface area (Å²) in [7, 11) is -0.885. The van der Waals surface area contributed by atoms with Crippen molar-refractivity contribution < 1.29 is 9.00 Å². The van der Waals surface area contributed by atoms with Crippen molar-refractivity contribution in [2.45, 2.75) is 19.1 Å². The Hall–Kier alpha value is -1.94. The molecular formula is C17H19NO2S. The van der Waals surface area contributed by atoms with Crippen LogP contribution in [0.4, 0.5) is 5.69 Å². The van der Waals surface area contributed by atoms with Crippen molar-refractivity contribution in [2.75, 3.05) is 11.6 Å². The molecule has 1 atom stereocenters. The third kappa shape index (κ3) is 4.83. The van der Waals surface area contributed by atoms with Crippen LogP contribution in [0.1, 0.15) is 16.7 Å². The second-order valence-corrected chi connectivity index (χ2v) is 6.50. The number of aryl methyl sites for hydroxylation is 1. The molecule has 0 aliphatic carbocycles. The Morgan fingerprint density at radius 2 is 1.90 bits per heavy atom. The molecule has 0 spiro atoms. The molecule has 0 fully saturated rings. The van der Waals surface area contributed by atoms with E-state index in [-0.39, 0.29) is 5.91 Å². The Labute approximate surface area is 127 Å². The first kappa shape index (κ1) is 15.4. The molecule has 21 heavy (non-hydrogen) atoms. The number of benzene rings is 2. The number of carbonyl (C=O) groups excluding carboxylic acids is 1. The van der Waals surface area contributed by atoms with Crippen LogP contribution in [-0.2, 0) is 27.8 Å². The highest BCUT2D eigenvalue weighted by Gasteiger charge is 2.06. The summed E-state index contributed by atoms with van der Waals surface area (Å²) in [6, 6.07) is 15.4. The normalized spacial score (nSPS) is 11.9. The minimum atomic E-state index is -0.885. The maximum atomic E-state index is 12.1. The fourth-order valence-corrected chi connectivity index (χ4v) is 2.81. The fraction of sp³-hybridized carbons (Fsp3) is 0.235. The number of hydrogen-bond acceptors (Lipinski definition) is 2. The SMILES string of the molecule is Cc1ccccc1CC(=O)Nc1cccc(C[S@](C)=O)c1. The molecule has 3 nitrogen and oxygen atoms in total. The highest BCUT2D eigenvalue weighted by molar-refractivity contribution is 7.83. The zero-order valence-corrected chi connectivity index (χ0v) is 13.1. The monoisotopic (exact) mass is 301 g/mol. The first-order valence-corrected chi connectivity index (χ1v) is 8.50. The average molecular weight is 301 g/mol. The predicted octanol–water partition coefficient (Wildman–Crippen LogP) is 3.05. The Kier molecular flexibility index (Phi) is 5.28. The fourth-order valence-electron chi connectivity index (χ4n) is 2.16. The van der Waals surface area contributed by atoms with Crippen LogP contribution in [0.2, 0.25) is 0 Å². The quantitative estimate of drug-likeness (QED) is 0.922. The van der Waals surface area contributed by atoms with Crippen LogP contribution < -0.4 is 5.32 Å². The summed E-state index contributed by atoms with van der Waals surface area (Å²) in [6.45, 7) is 2.00. The van der Waals surface area contributed by atoms with Crippen molar-refractivity contribution >= 4 is 22.4 Å². The van der Waals surface area contributed by atoms with Crippen LogP contribution in [0.3, 0.4) is 0 Å². The number of nitrogens with one attached hydrogen (secondary N) is 1. The summed E-state index contributed by atoms with van der Waals surface area (Å²) in [5.74, 6) is 0.459. The van der Waals surface area contributed by atoms with Gasteiger partial charge in [-0.15, -0.1) is 0 Å². The Morgan fingerprint density at radius 1 is 1.14 bits per heavy atom. The summed E-state index contributed by atoms with van der Waals surface area (Å²) in [4.78, 5) is 12.1. The molecule has 0 unspecified atom stereocenters. The van der Waals surface area contributed by atoms with Crippen LogP contribution in [0.15, 0.2) is 48.5 Å². The van der Waals surface area contributed by atoms with Gasteiger partial charge in [-0.25, -0.2) is 0 Å². The van der Waals surface area contributed by atoms with Crippen LogP contribution >= 0.6 is 0 Å². The van der Waals surface area contributed by atoms with Crippen LogP contribution in [0.5, 0.6) is 0 Å². The lowest BCUT2D eigenvalue weighted by Gasteiger charge is -2.08. The van der Waals surface area contributed by atoms with Crippen LogP contribution in [-0.4, -0.2) is 16.4 Å². The van der Waals surface area contributed by atoms with Crippen molar-refractivity contribution in [1.29, 1.82) is 0 Å². The molecule has 2 rings (SSSR count). The van der Waals surface area contributed by atoms with E-state index in [2.05, 4.69) is 5.32 Å². The zero-order valence-electron chi connectivity index (χ0n) is 12.3. The maximum Gasteiger partial charge on any atom is 0.228 e. The molecule has 2 aromatic rings. The number of carbonyl (C=O) groups is 1. The van der Waals surface area contributed by atoms with Crippen molar-refractivity contribution in [3.05, 3.63) is 65.2 Å². The molecule has 4 heteroatoms. The predicted molar refractivity (Wildman–Crippen MR) is 87.7 cm³/mol. The third-order valence-corrected chi connectivity index (χ3v) is 3.93. The van der Waals surface area contributed by atoms with E-state index in [0.717, 1.165) is 22.4 Å². The van der Waals surface area contributed by atoms with Gasteiger partial charge in [0, 0.05) is 28.5 Å². The van der Waals surface area contributed by atoms with Gasteiger partial charge in [0.25, 0.3) is 0 Å². The topological polar surface area (TPSA) is 46.2 Å². The first-order valence-electron chi connectivity index (χ1n) is 6.78. The highest BCUT2D eigenvalue weighted by Crippen LogP contribution is 2.14. The number of amides is 1. The van der Waals surface area contributed by atoms with Gasteiger partial charge in [0.15, 0.2) is 0 Å². The minimum absolute atomic E-state index is 0.0425. The Bertz CT molecular complexity index is 667. The first-order chi connectivity index (χ1) is 10.0. The van der Waals surface area contributed by atoms with Crippen molar-refractivity contribution in [2.24, 2.45) is 0 Å². The molecule has 0 aliphatic rings. The van der Waals surface area contributed by atoms with Gasteiger partial charge in [0.05, 0.1) is 6.42 Å². The van der Waals surface area contributed by atoms with E-state index in [4.69, 9.17) is 0 Å². The van der Waals surface area contributed by atoms with E-state index in [9.17, 15) is 9.00 Å². The van der Waals surface area contributed by atoms with Crippen molar-refractivity contribution in [1.82, 2.24) is 0 Å². The van der Waals surface area contributed by atoms with E-state index in [1.165, 1.54) is 0 Å².